The summed E-state index contributed by atoms with van der Waals surface area (Å²) in [6, 6.07) is 6.76. The SMILES string of the molecule is O=C(CN1N=N[C@H]2C(=O)N(c3ccc(F)c(Cl)c3)C(=O)[C@@H]21)Nc1ccccc1F. The third kappa shape index (κ3) is 3.31. The first-order valence-electron chi connectivity index (χ1n) is 8.41. The van der Waals surface area contributed by atoms with E-state index in [9.17, 15) is 23.2 Å². The van der Waals surface area contributed by atoms with Crippen LogP contribution in [0.4, 0.5) is 20.2 Å². The summed E-state index contributed by atoms with van der Waals surface area (Å²) < 4.78 is 27.1. The maximum Gasteiger partial charge on any atom is 0.263 e. The van der Waals surface area contributed by atoms with E-state index in [4.69, 9.17) is 11.6 Å². The molecule has 2 heterocycles. The van der Waals surface area contributed by atoms with Gasteiger partial charge in [-0.05, 0) is 30.3 Å². The number of nitrogens with zero attached hydrogens (tertiary/aromatic N) is 4. The molecule has 2 aromatic rings. The quantitative estimate of drug-likeness (QED) is 0.770. The topological polar surface area (TPSA) is 94.4 Å². The second-order valence-electron chi connectivity index (χ2n) is 6.33. The Balaban J connectivity index is 1.51. The van der Waals surface area contributed by atoms with Gasteiger partial charge < -0.3 is 5.32 Å². The van der Waals surface area contributed by atoms with Gasteiger partial charge in [0.25, 0.3) is 11.8 Å². The van der Waals surface area contributed by atoms with E-state index < -0.39 is 48.0 Å². The van der Waals surface area contributed by atoms with Gasteiger partial charge in [-0.3, -0.25) is 19.4 Å². The molecule has 29 heavy (non-hydrogen) atoms. The lowest BCUT2D eigenvalue weighted by atomic mass is 10.1. The molecule has 0 bridgehead atoms. The van der Waals surface area contributed by atoms with Crippen molar-refractivity contribution < 1.29 is 23.2 Å². The highest BCUT2D eigenvalue weighted by Crippen LogP contribution is 2.33. The zero-order valence-electron chi connectivity index (χ0n) is 14.6. The number of carbonyl (C=O) groups is 3. The fraction of sp³-hybridized carbons (Fsp3) is 0.167. The van der Waals surface area contributed by atoms with Crippen molar-refractivity contribution in [3.05, 3.63) is 59.1 Å². The summed E-state index contributed by atoms with van der Waals surface area (Å²) in [4.78, 5) is 38.5. The molecule has 1 saturated heterocycles. The number of hydrogen-bond acceptors (Lipinski definition) is 6. The Morgan fingerprint density at radius 1 is 1.10 bits per heavy atom. The largest absolute Gasteiger partial charge is 0.322 e. The molecule has 2 atom stereocenters. The Kier molecular flexibility index (Phi) is 4.71. The molecule has 148 valence electrons. The molecule has 2 aliphatic heterocycles. The third-order valence-corrected chi connectivity index (χ3v) is 4.76. The molecule has 3 amide bonds. The van der Waals surface area contributed by atoms with Crippen molar-refractivity contribution in [1.82, 2.24) is 5.01 Å². The first-order chi connectivity index (χ1) is 13.9. The molecule has 1 fully saturated rings. The number of para-hydroxylation sites is 1. The van der Waals surface area contributed by atoms with Gasteiger partial charge in [-0.25, -0.2) is 13.7 Å². The highest BCUT2D eigenvalue weighted by Gasteiger charge is 2.55. The van der Waals surface area contributed by atoms with Crippen LogP contribution in [-0.2, 0) is 14.4 Å². The zero-order valence-corrected chi connectivity index (χ0v) is 15.3. The molecular weight excluding hydrogens is 408 g/mol. The Labute approximate surface area is 167 Å². The summed E-state index contributed by atoms with van der Waals surface area (Å²) in [7, 11) is 0. The number of nitrogens with one attached hydrogen (secondary N) is 1. The van der Waals surface area contributed by atoms with Gasteiger partial charge in [-0.1, -0.05) is 29.0 Å². The molecule has 2 aliphatic rings. The Morgan fingerprint density at radius 3 is 2.59 bits per heavy atom. The number of anilines is 2. The lowest BCUT2D eigenvalue weighted by molar-refractivity contribution is -0.123. The molecule has 0 radical (unpaired) electrons. The normalized spacial score (nSPS) is 20.4. The fourth-order valence-electron chi connectivity index (χ4n) is 3.13. The van der Waals surface area contributed by atoms with Gasteiger partial charge in [-0.15, -0.1) is 0 Å². The first-order valence-corrected chi connectivity index (χ1v) is 8.79. The van der Waals surface area contributed by atoms with Crippen LogP contribution in [0.5, 0.6) is 0 Å². The summed E-state index contributed by atoms with van der Waals surface area (Å²) in [6.07, 6.45) is 0. The van der Waals surface area contributed by atoms with Gasteiger partial charge in [0.05, 0.1) is 16.4 Å². The molecule has 0 saturated carbocycles. The Morgan fingerprint density at radius 2 is 1.86 bits per heavy atom. The van der Waals surface area contributed by atoms with Crippen LogP contribution in [-0.4, -0.2) is 41.4 Å². The minimum absolute atomic E-state index is 0.0263. The van der Waals surface area contributed by atoms with Crippen molar-refractivity contribution in [2.75, 3.05) is 16.8 Å². The highest BCUT2D eigenvalue weighted by molar-refractivity contribution is 6.32. The van der Waals surface area contributed by atoms with E-state index >= 15 is 0 Å². The lowest BCUT2D eigenvalue weighted by Gasteiger charge is -2.20. The maximum absolute atomic E-state index is 13.7. The van der Waals surface area contributed by atoms with Crippen LogP contribution in [0.15, 0.2) is 52.8 Å². The van der Waals surface area contributed by atoms with E-state index in [0.717, 1.165) is 22.0 Å². The molecule has 0 aromatic heterocycles. The molecule has 0 aliphatic carbocycles. The van der Waals surface area contributed by atoms with Crippen molar-refractivity contribution in [2.24, 2.45) is 10.3 Å². The highest BCUT2D eigenvalue weighted by atomic mass is 35.5. The predicted octanol–water partition coefficient (Wildman–Crippen LogP) is 2.55. The smallest absolute Gasteiger partial charge is 0.263 e. The summed E-state index contributed by atoms with van der Waals surface area (Å²) in [5.41, 5.74) is 0.0633. The average molecular weight is 420 g/mol. The molecule has 0 spiro atoms. The second kappa shape index (κ2) is 7.21. The van der Waals surface area contributed by atoms with Crippen LogP contribution >= 0.6 is 11.6 Å². The van der Waals surface area contributed by atoms with Gasteiger partial charge in [0.15, 0.2) is 12.1 Å². The lowest BCUT2D eigenvalue weighted by Crippen LogP contribution is -2.43. The summed E-state index contributed by atoms with van der Waals surface area (Å²) in [5.74, 6) is -3.29. The average Bonchev–Trinajstić information content (AvgIpc) is 3.20. The minimum atomic E-state index is -1.13. The maximum atomic E-state index is 13.7. The van der Waals surface area contributed by atoms with Gasteiger partial charge in [0.1, 0.15) is 18.2 Å². The predicted molar refractivity (Wildman–Crippen MR) is 98.1 cm³/mol. The number of amides is 3. The van der Waals surface area contributed by atoms with Crippen LogP contribution in [0.1, 0.15) is 0 Å². The van der Waals surface area contributed by atoms with Crippen LogP contribution < -0.4 is 10.2 Å². The van der Waals surface area contributed by atoms with E-state index in [0.29, 0.717) is 0 Å². The number of benzene rings is 2. The molecule has 2 aromatic carbocycles. The van der Waals surface area contributed by atoms with Crippen LogP contribution in [0.2, 0.25) is 5.02 Å². The van der Waals surface area contributed by atoms with Gasteiger partial charge in [-0.2, -0.15) is 5.11 Å². The molecule has 8 nitrogen and oxygen atoms in total. The minimum Gasteiger partial charge on any atom is -0.322 e. The standard InChI is InChI=1S/C18H12ClF2N5O3/c19-10-7-9(5-6-11(10)20)26-17(28)15-16(18(26)29)25(24-23-15)8-14(27)22-13-4-2-1-3-12(13)21/h1-7,15-16H,8H2,(H,22,27)/t15-,16-/m1/s1. The van der Waals surface area contributed by atoms with E-state index in [1.54, 1.807) is 6.07 Å². The summed E-state index contributed by atoms with van der Waals surface area (Å²) >= 11 is 5.74. The monoisotopic (exact) mass is 419 g/mol. The van der Waals surface area contributed by atoms with Crippen molar-refractivity contribution >= 4 is 40.7 Å². The van der Waals surface area contributed by atoms with Crippen molar-refractivity contribution in [1.29, 1.82) is 0 Å². The van der Waals surface area contributed by atoms with E-state index in [1.807, 2.05) is 0 Å². The summed E-state index contributed by atoms with van der Waals surface area (Å²) in [6.45, 7) is -0.421. The van der Waals surface area contributed by atoms with E-state index in [-0.39, 0.29) is 16.4 Å². The van der Waals surface area contributed by atoms with Gasteiger partial charge in [0.2, 0.25) is 5.91 Å². The molecular formula is C18H12ClF2N5O3. The van der Waals surface area contributed by atoms with Crippen molar-refractivity contribution in [3.8, 4) is 0 Å². The number of fused-ring (bicyclic) bond motifs is 1. The van der Waals surface area contributed by atoms with Gasteiger partial charge >= 0.3 is 0 Å². The number of imide groups is 1. The number of rotatable bonds is 4. The molecule has 1 N–H and O–H groups in total. The van der Waals surface area contributed by atoms with E-state index in [2.05, 4.69) is 15.7 Å². The number of carbonyl (C=O) groups excluding carboxylic acids is 3. The Bertz CT molecular complexity index is 1060. The second-order valence-corrected chi connectivity index (χ2v) is 6.74. The van der Waals surface area contributed by atoms with E-state index in [1.165, 1.54) is 24.3 Å². The fourth-order valence-corrected chi connectivity index (χ4v) is 3.31. The first kappa shape index (κ1) is 18.9. The van der Waals surface area contributed by atoms with Crippen LogP contribution in [0.25, 0.3) is 0 Å². The molecule has 11 heteroatoms. The van der Waals surface area contributed by atoms with Crippen molar-refractivity contribution in [3.63, 3.8) is 0 Å². The Hall–Kier alpha value is -3.40. The summed E-state index contributed by atoms with van der Waals surface area (Å²) in [5, 5.41) is 10.7. The van der Waals surface area contributed by atoms with Crippen LogP contribution in [0, 0.1) is 11.6 Å². The molecule has 0 unspecified atom stereocenters. The number of halogens is 3. The number of hydrogen-bond donors (Lipinski definition) is 1. The van der Waals surface area contributed by atoms with Crippen LogP contribution in [0.3, 0.4) is 0 Å². The third-order valence-electron chi connectivity index (χ3n) is 4.47. The zero-order chi connectivity index (χ0) is 20.7. The molecule has 4 rings (SSSR count). The van der Waals surface area contributed by atoms with Crippen molar-refractivity contribution in [2.45, 2.75) is 12.1 Å². The van der Waals surface area contributed by atoms with Gasteiger partial charge in [0, 0.05) is 0 Å².